The van der Waals surface area contributed by atoms with Gasteiger partial charge in [-0.25, -0.2) is 13.9 Å². The van der Waals surface area contributed by atoms with Crippen LogP contribution in [0.25, 0.3) is 0 Å². The van der Waals surface area contributed by atoms with E-state index in [9.17, 15) is 13.2 Å². The molecule has 0 aliphatic heterocycles. The summed E-state index contributed by atoms with van der Waals surface area (Å²) in [5.74, 6) is -0.722. The molecule has 0 aliphatic carbocycles. The van der Waals surface area contributed by atoms with Crippen molar-refractivity contribution in [2.24, 2.45) is 0 Å². The van der Waals surface area contributed by atoms with Crippen molar-refractivity contribution in [3.63, 3.8) is 0 Å². The predicted molar refractivity (Wildman–Crippen MR) is 60.5 cm³/mol. The molecule has 0 fully saturated rings. The van der Waals surface area contributed by atoms with E-state index in [1.54, 1.807) is 13.8 Å². The maximum atomic E-state index is 11.9. The minimum Gasteiger partial charge on any atom is -0.289 e. The van der Waals surface area contributed by atoms with E-state index >= 15 is 0 Å². The third-order valence-electron chi connectivity index (χ3n) is 2.16. The van der Waals surface area contributed by atoms with Gasteiger partial charge in [-0.05, 0) is 20.3 Å². The summed E-state index contributed by atoms with van der Waals surface area (Å²) in [5, 5.41) is 7.82. The monoisotopic (exact) mass is 252 g/mol. The molecule has 1 amide bonds. The van der Waals surface area contributed by atoms with Crippen LogP contribution in [0, 0.1) is 0 Å². The van der Waals surface area contributed by atoms with Crippen molar-refractivity contribution < 1.29 is 18.4 Å². The Morgan fingerprint density at radius 3 is 2.38 bits per heavy atom. The fraction of sp³-hybridized carbons (Fsp3) is 0.889. The summed E-state index contributed by atoms with van der Waals surface area (Å²) >= 11 is 0. The number of nitrogens with zero attached hydrogens (tertiary/aromatic N) is 1. The summed E-state index contributed by atoms with van der Waals surface area (Å²) < 4.78 is 24.8. The number of unbranched alkanes of at least 4 members (excludes halogenated alkanes) is 1. The molecule has 0 aromatic heterocycles. The second kappa shape index (κ2) is 6.82. The number of carbonyl (C=O) groups is 1. The molecule has 16 heavy (non-hydrogen) atoms. The van der Waals surface area contributed by atoms with Gasteiger partial charge in [0.25, 0.3) is 5.91 Å². The molecular weight excluding hydrogens is 232 g/mol. The van der Waals surface area contributed by atoms with Crippen LogP contribution in [-0.4, -0.2) is 42.2 Å². The van der Waals surface area contributed by atoms with Gasteiger partial charge >= 0.3 is 0 Å². The highest BCUT2D eigenvalue weighted by Crippen LogP contribution is 2.09. The molecule has 0 aromatic rings. The summed E-state index contributed by atoms with van der Waals surface area (Å²) in [4.78, 5) is 11.0. The molecule has 0 saturated heterocycles. The van der Waals surface area contributed by atoms with Gasteiger partial charge in [-0.3, -0.25) is 10.0 Å². The lowest BCUT2D eigenvalue weighted by molar-refractivity contribution is -0.129. The van der Waals surface area contributed by atoms with Crippen molar-refractivity contribution >= 4 is 15.9 Å². The van der Waals surface area contributed by atoms with Gasteiger partial charge in [0, 0.05) is 6.54 Å². The Kier molecular flexibility index (Phi) is 6.54. The van der Waals surface area contributed by atoms with Crippen molar-refractivity contribution in [1.82, 2.24) is 9.79 Å². The molecule has 96 valence electrons. The Balaban J connectivity index is 4.73. The quantitative estimate of drug-likeness (QED) is 0.505. The Morgan fingerprint density at radius 2 is 2.00 bits per heavy atom. The third kappa shape index (κ3) is 4.46. The van der Waals surface area contributed by atoms with Gasteiger partial charge < -0.3 is 0 Å². The van der Waals surface area contributed by atoms with E-state index in [1.165, 1.54) is 5.48 Å². The van der Waals surface area contributed by atoms with Gasteiger partial charge in [0.1, 0.15) is 0 Å². The third-order valence-corrected chi connectivity index (χ3v) is 4.38. The van der Waals surface area contributed by atoms with Crippen molar-refractivity contribution in [1.29, 1.82) is 0 Å². The standard InChI is InChI=1S/C9H20N2O4S/c1-4-5-6-11(7-9(12)10-13)16(14,15)8(2)3/h8,13H,4-7H2,1-3H3,(H,10,12). The highest BCUT2D eigenvalue weighted by Gasteiger charge is 2.26. The molecule has 0 saturated carbocycles. The van der Waals surface area contributed by atoms with Crippen molar-refractivity contribution in [2.75, 3.05) is 13.1 Å². The van der Waals surface area contributed by atoms with Crippen LogP contribution in [0.4, 0.5) is 0 Å². The molecule has 2 N–H and O–H groups in total. The molecule has 0 radical (unpaired) electrons. The summed E-state index contributed by atoms with van der Waals surface area (Å²) in [6.07, 6.45) is 1.52. The maximum Gasteiger partial charge on any atom is 0.258 e. The lowest BCUT2D eigenvalue weighted by Gasteiger charge is -2.23. The van der Waals surface area contributed by atoms with Crippen molar-refractivity contribution in [3.8, 4) is 0 Å². The van der Waals surface area contributed by atoms with Gasteiger partial charge in [0.2, 0.25) is 10.0 Å². The molecule has 0 atom stereocenters. The molecule has 7 heteroatoms. The zero-order valence-corrected chi connectivity index (χ0v) is 10.7. The van der Waals surface area contributed by atoms with Crippen LogP contribution in [-0.2, 0) is 14.8 Å². The molecule has 0 bridgehead atoms. The fourth-order valence-corrected chi connectivity index (χ4v) is 2.40. The number of nitrogens with one attached hydrogen (secondary N) is 1. The molecule has 0 spiro atoms. The Hall–Kier alpha value is -0.660. The minimum absolute atomic E-state index is 0.296. The second-order valence-electron chi connectivity index (χ2n) is 3.82. The zero-order valence-electron chi connectivity index (χ0n) is 9.93. The van der Waals surface area contributed by atoms with E-state index in [2.05, 4.69) is 0 Å². The molecular formula is C9H20N2O4S. The summed E-state index contributed by atoms with van der Waals surface area (Å²) in [5.41, 5.74) is 1.44. The van der Waals surface area contributed by atoms with Crippen LogP contribution in [0.2, 0.25) is 0 Å². The Labute approximate surface area is 96.6 Å². The van der Waals surface area contributed by atoms with Gasteiger partial charge in [-0.2, -0.15) is 4.31 Å². The molecule has 0 unspecified atom stereocenters. The molecule has 0 aliphatic rings. The number of rotatable bonds is 7. The number of hydroxylamine groups is 1. The number of hydrogen-bond acceptors (Lipinski definition) is 4. The van der Waals surface area contributed by atoms with Crippen LogP contribution >= 0.6 is 0 Å². The van der Waals surface area contributed by atoms with Crippen LogP contribution in [0.15, 0.2) is 0 Å². The SMILES string of the molecule is CCCCN(CC(=O)NO)S(=O)(=O)C(C)C. The first-order chi connectivity index (χ1) is 7.36. The molecule has 6 nitrogen and oxygen atoms in total. The van der Waals surface area contributed by atoms with Crippen molar-refractivity contribution in [2.45, 2.75) is 38.9 Å². The van der Waals surface area contributed by atoms with Crippen molar-refractivity contribution in [3.05, 3.63) is 0 Å². The first kappa shape index (κ1) is 15.3. The summed E-state index contributed by atoms with van der Waals surface area (Å²) in [7, 11) is -3.46. The normalized spacial score (nSPS) is 12.1. The van der Waals surface area contributed by atoms with E-state index < -0.39 is 21.2 Å². The van der Waals surface area contributed by atoms with Gasteiger partial charge in [0.05, 0.1) is 11.8 Å². The second-order valence-corrected chi connectivity index (χ2v) is 6.30. The van der Waals surface area contributed by atoms with E-state index in [1.807, 2.05) is 6.92 Å². The molecule has 0 aromatic carbocycles. The minimum atomic E-state index is -3.46. The lowest BCUT2D eigenvalue weighted by atomic mass is 10.3. The zero-order chi connectivity index (χ0) is 12.8. The topological polar surface area (TPSA) is 86.7 Å². The Bertz CT molecular complexity index is 313. The van der Waals surface area contributed by atoms with Crippen LogP contribution in [0.3, 0.4) is 0 Å². The molecule has 0 heterocycles. The average Bonchev–Trinajstić information content (AvgIpc) is 2.23. The number of carbonyl (C=O) groups excluding carboxylic acids is 1. The van der Waals surface area contributed by atoms with E-state index in [4.69, 9.17) is 5.21 Å². The lowest BCUT2D eigenvalue weighted by Crippen LogP contribution is -2.43. The van der Waals surface area contributed by atoms with Gasteiger partial charge in [-0.1, -0.05) is 13.3 Å². The highest BCUT2D eigenvalue weighted by molar-refractivity contribution is 7.89. The van der Waals surface area contributed by atoms with E-state index in [0.717, 1.165) is 10.7 Å². The largest absolute Gasteiger partial charge is 0.289 e. The fourth-order valence-electron chi connectivity index (χ4n) is 1.12. The van der Waals surface area contributed by atoms with E-state index in [0.29, 0.717) is 13.0 Å². The highest BCUT2D eigenvalue weighted by atomic mass is 32.2. The summed E-state index contributed by atoms with van der Waals surface area (Å²) in [6, 6.07) is 0. The van der Waals surface area contributed by atoms with Crippen LogP contribution < -0.4 is 5.48 Å². The van der Waals surface area contributed by atoms with Crippen LogP contribution in [0.5, 0.6) is 0 Å². The van der Waals surface area contributed by atoms with Crippen LogP contribution in [0.1, 0.15) is 33.6 Å². The number of hydrogen-bond donors (Lipinski definition) is 2. The van der Waals surface area contributed by atoms with E-state index in [-0.39, 0.29) is 6.54 Å². The number of sulfonamides is 1. The first-order valence-corrected chi connectivity index (χ1v) is 6.78. The average molecular weight is 252 g/mol. The van der Waals surface area contributed by atoms with Gasteiger partial charge in [-0.15, -0.1) is 0 Å². The van der Waals surface area contributed by atoms with Gasteiger partial charge in [0.15, 0.2) is 0 Å². The smallest absolute Gasteiger partial charge is 0.258 e. The summed E-state index contributed by atoms with van der Waals surface area (Å²) in [6.45, 7) is 5.02. The number of amides is 1. The molecule has 0 rings (SSSR count). The predicted octanol–water partition coefficient (Wildman–Crippen LogP) is 0.332. The Morgan fingerprint density at radius 1 is 1.44 bits per heavy atom. The maximum absolute atomic E-state index is 11.9. The first-order valence-electron chi connectivity index (χ1n) is 5.28.